The summed E-state index contributed by atoms with van der Waals surface area (Å²) in [6, 6.07) is 4.19. The van der Waals surface area contributed by atoms with Crippen molar-refractivity contribution >= 4 is 11.3 Å². The van der Waals surface area contributed by atoms with Gasteiger partial charge in [0.1, 0.15) is 0 Å². The van der Waals surface area contributed by atoms with E-state index in [2.05, 4.69) is 18.3 Å². The summed E-state index contributed by atoms with van der Waals surface area (Å²) >= 11 is 1.73. The zero-order chi connectivity index (χ0) is 11.4. The van der Waals surface area contributed by atoms with Crippen molar-refractivity contribution < 1.29 is 4.74 Å². The van der Waals surface area contributed by atoms with Gasteiger partial charge < -0.3 is 10.1 Å². The van der Waals surface area contributed by atoms with Gasteiger partial charge in [0.15, 0.2) is 5.06 Å². The van der Waals surface area contributed by atoms with E-state index in [1.807, 2.05) is 6.07 Å². The molecule has 0 atom stereocenters. The van der Waals surface area contributed by atoms with E-state index >= 15 is 0 Å². The summed E-state index contributed by atoms with van der Waals surface area (Å²) in [5, 5.41) is 4.58. The molecule has 3 heteroatoms. The average Bonchev–Trinajstić information content (AvgIpc) is 2.88. The molecule has 1 aromatic heterocycles. The van der Waals surface area contributed by atoms with E-state index < -0.39 is 0 Å². The number of methoxy groups -OCH3 is 1. The minimum atomic E-state index is 0.543. The topological polar surface area (TPSA) is 21.3 Å². The lowest BCUT2D eigenvalue weighted by molar-refractivity contribution is 0.315. The van der Waals surface area contributed by atoms with Crippen LogP contribution in [0.1, 0.15) is 37.5 Å². The first-order chi connectivity index (χ1) is 7.72. The summed E-state index contributed by atoms with van der Waals surface area (Å²) in [5.41, 5.74) is 0.543. The molecule has 1 aliphatic rings. The second-order valence-electron chi connectivity index (χ2n) is 5.05. The molecule has 2 nitrogen and oxygen atoms in total. The SMILES string of the molecule is COc1ccc(CNCC2(C)CCCC2)s1. The molecule has 0 aromatic carbocycles. The minimum absolute atomic E-state index is 0.543. The third-order valence-electron chi connectivity index (χ3n) is 3.50. The first-order valence-electron chi connectivity index (χ1n) is 6.05. The monoisotopic (exact) mass is 239 g/mol. The smallest absolute Gasteiger partial charge is 0.173 e. The van der Waals surface area contributed by atoms with E-state index in [1.54, 1.807) is 18.4 Å². The molecule has 0 spiro atoms. The molecule has 0 unspecified atom stereocenters. The van der Waals surface area contributed by atoms with Crippen molar-refractivity contribution in [2.75, 3.05) is 13.7 Å². The number of hydrogen-bond acceptors (Lipinski definition) is 3. The Labute approximate surface area is 102 Å². The van der Waals surface area contributed by atoms with Crippen LogP contribution in [0.5, 0.6) is 5.06 Å². The Morgan fingerprint density at radius 1 is 1.38 bits per heavy atom. The maximum absolute atomic E-state index is 5.19. The van der Waals surface area contributed by atoms with Gasteiger partial charge in [0.2, 0.25) is 0 Å². The first kappa shape index (κ1) is 11.9. The van der Waals surface area contributed by atoms with Crippen LogP contribution in [0.4, 0.5) is 0 Å². The number of hydrogen-bond donors (Lipinski definition) is 1. The third kappa shape index (κ3) is 2.98. The molecule has 1 fully saturated rings. The Balaban J connectivity index is 1.75. The standard InChI is InChI=1S/C13H21NOS/c1-13(7-3-4-8-13)10-14-9-11-5-6-12(15-2)16-11/h5-6,14H,3-4,7-10H2,1-2H3. The van der Waals surface area contributed by atoms with E-state index in [0.29, 0.717) is 5.41 Å². The molecule has 1 N–H and O–H groups in total. The zero-order valence-corrected chi connectivity index (χ0v) is 11.0. The highest BCUT2D eigenvalue weighted by Gasteiger charge is 2.27. The fourth-order valence-corrected chi connectivity index (χ4v) is 3.24. The van der Waals surface area contributed by atoms with Gasteiger partial charge in [-0.25, -0.2) is 0 Å². The van der Waals surface area contributed by atoms with E-state index in [1.165, 1.54) is 30.6 Å². The van der Waals surface area contributed by atoms with Crippen molar-refractivity contribution in [2.45, 2.75) is 39.2 Å². The lowest BCUT2D eigenvalue weighted by Crippen LogP contribution is -2.28. The molecular formula is C13H21NOS. The van der Waals surface area contributed by atoms with Gasteiger partial charge in [0, 0.05) is 18.0 Å². The van der Waals surface area contributed by atoms with Gasteiger partial charge in [0.25, 0.3) is 0 Å². The molecule has 1 saturated carbocycles. The van der Waals surface area contributed by atoms with Crippen molar-refractivity contribution in [1.82, 2.24) is 5.32 Å². The quantitative estimate of drug-likeness (QED) is 0.850. The lowest BCUT2D eigenvalue weighted by atomic mass is 9.89. The number of nitrogens with one attached hydrogen (secondary N) is 1. The van der Waals surface area contributed by atoms with Crippen LogP contribution in [0.25, 0.3) is 0 Å². The van der Waals surface area contributed by atoms with Gasteiger partial charge in [-0.05, 0) is 30.4 Å². The molecule has 1 aliphatic carbocycles. The fraction of sp³-hybridized carbons (Fsp3) is 0.692. The molecule has 0 amide bonds. The van der Waals surface area contributed by atoms with Crippen molar-refractivity contribution in [1.29, 1.82) is 0 Å². The summed E-state index contributed by atoms with van der Waals surface area (Å²) in [6.45, 7) is 4.53. The molecule has 16 heavy (non-hydrogen) atoms. The Hall–Kier alpha value is -0.540. The molecule has 2 rings (SSSR count). The van der Waals surface area contributed by atoms with Crippen LogP contribution in [0, 0.1) is 5.41 Å². The fourth-order valence-electron chi connectivity index (χ4n) is 2.46. The highest BCUT2D eigenvalue weighted by Crippen LogP contribution is 2.36. The number of thiophene rings is 1. The van der Waals surface area contributed by atoms with Crippen LogP contribution in [0.2, 0.25) is 0 Å². The highest BCUT2D eigenvalue weighted by atomic mass is 32.1. The van der Waals surface area contributed by atoms with Crippen LogP contribution in [0.15, 0.2) is 12.1 Å². The Bertz CT molecular complexity index is 328. The van der Waals surface area contributed by atoms with Crippen molar-refractivity contribution in [2.24, 2.45) is 5.41 Å². The second kappa shape index (κ2) is 5.19. The van der Waals surface area contributed by atoms with Crippen LogP contribution >= 0.6 is 11.3 Å². The lowest BCUT2D eigenvalue weighted by Gasteiger charge is -2.23. The van der Waals surface area contributed by atoms with E-state index in [4.69, 9.17) is 4.74 Å². The first-order valence-corrected chi connectivity index (χ1v) is 6.87. The molecule has 0 aliphatic heterocycles. The molecule has 0 radical (unpaired) electrons. The summed E-state index contributed by atoms with van der Waals surface area (Å²) < 4.78 is 5.19. The Morgan fingerprint density at radius 2 is 2.12 bits per heavy atom. The Kier molecular flexibility index (Phi) is 3.87. The molecule has 0 saturated heterocycles. The van der Waals surface area contributed by atoms with E-state index in [-0.39, 0.29) is 0 Å². The van der Waals surface area contributed by atoms with Gasteiger partial charge in [-0.1, -0.05) is 19.8 Å². The molecule has 1 aromatic rings. The van der Waals surface area contributed by atoms with Gasteiger partial charge in [-0.2, -0.15) is 0 Å². The van der Waals surface area contributed by atoms with Crippen molar-refractivity contribution in [3.63, 3.8) is 0 Å². The number of rotatable bonds is 5. The van der Waals surface area contributed by atoms with E-state index in [0.717, 1.165) is 18.2 Å². The highest BCUT2D eigenvalue weighted by molar-refractivity contribution is 7.13. The van der Waals surface area contributed by atoms with Crippen LogP contribution < -0.4 is 10.1 Å². The molecular weight excluding hydrogens is 218 g/mol. The summed E-state index contributed by atoms with van der Waals surface area (Å²) in [5.74, 6) is 0. The number of ether oxygens (including phenoxy) is 1. The van der Waals surface area contributed by atoms with Gasteiger partial charge in [-0.15, -0.1) is 11.3 Å². The summed E-state index contributed by atoms with van der Waals surface area (Å²) in [6.07, 6.45) is 5.58. The van der Waals surface area contributed by atoms with Crippen LogP contribution in [-0.4, -0.2) is 13.7 Å². The molecule has 0 bridgehead atoms. The van der Waals surface area contributed by atoms with Gasteiger partial charge in [-0.3, -0.25) is 0 Å². The molecule has 90 valence electrons. The Morgan fingerprint density at radius 3 is 2.75 bits per heavy atom. The third-order valence-corrected chi connectivity index (χ3v) is 4.55. The van der Waals surface area contributed by atoms with Crippen molar-refractivity contribution in [3.8, 4) is 5.06 Å². The summed E-state index contributed by atoms with van der Waals surface area (Å²) in [7, 11) is 1.72. The maximum atomic E-state index is 5.19. The average molecular weight is 239 g/mol. The zero-order valence-electron chi connectivity index (χ0n) is 10.2. The summed E-state index contributed by atoms with van der Waals surface area (Å²) in [4.78, 5) is 1.36. The van der Waals surface area contributed by atoms with Crippen molar-refractivity contribution in [3.05, 3.63) is 17.0 Å². The predicted octanol–water partition coefficient (Wildman–Crippen LogP) is 3.43. The van der Waals surface area contributed by atoms with Crippen LogP contribution in [0.3, 0.4) is 0 Å². The normalized spacial score (nSPS) is 18.9. The minimum Gasteiger partial charge on any atom is -0.487 e. The van der Waals surface area contributed by atoms with Gasteiger partial charge >= 0.3 is 0 Å². The largest absolute Gasteiger partial charge is 0.487 e. The van der Waals surface area contributed by atoms with Gasteiger partial charge in [0.05, 0.1) is 7.11 Å². The molecule has 1 heterocycles. The van der Waals surface area contributed by atoms with Crippen LogP contribution in [-0.2, 0) is 6.54 Å². The maximum Gasteiger partial charge on any atom is 0.173 e. The van der Waals surface area contributed by atoms with E-state index in [9.17, 15) is 0 Å². The second-order valence-corrected chi connectivity index (χ2v) is 6.18. The predicted molar refractivity (Wildman–Crippen MR) is 69.2 cm³/mol.